The van der Waals surface area contributed by atoms with Crippen LogP contribution >= 0.6 is 11.8 Å². The number of ether oxygens (including phenoxy) is 1. The maximum Gasteiger partial charge on any atom is 0.436 e. The van der Waals surface area contributed by atoms with Gasteiger partial charge in [0.2, 0.25) is 5.82 Å². The molecule has 0 radical (unpaired) electrons. The van der Waals surface area contributed by atoms with Crippen molar-refractivity contribution in [1.29, 1.82) is 0 Å². The van der Waals surface area contributed by atoms with Gasteiger partial charge in [0.05, 0.1) is 19.0 Å². The smallest absolute Gasteiger partial charge is 0.405 e. The summed E-state index contributed by atoms with van der Waals surface area (Å²) >= 11 is 1.34. The fourth-order valence-corrected chi connectivity index (χ4v) is 2.35. The first kappa shape index (κ1) is 18.7. The van der Waals surface area contributed by atoms with Crippen molar-refractivity contribution in [1.82, 2.24) is 10.0 Å². The molecule has 0 bridgehead atoms. The Bertz CT molecular complexity index is 857. The van der Waals surface area contributed by atoms with Crippen LogP contribution in [-0.4, -0.2) is 24.0 Å². The first-order chi connectivity index (χ1) is 11.9. The maximum atomic E-state index is 14.4. The highest BCUT2D eigenvalue weighted by Gasteiger charge is 2.20. The number of anilines is 2. The number of halogens is 2. The molecule has 0 fully saturated rings. The molecule has 0 unspecified atom stereocenters. The number of benzene rings is 1. The monoisotopic (exact) mass is 371 g/mol. The number of hydroxylamine groups is 1. The van der Waals surface area contributed by atoms with Crippen LogP contribution in [0.25, 0.3) is 0 Å². The summed E-state index contributed by atoms with van der Waals surface area (Å²) in [5, 5.41) is 2.46. The quantitative estimate of drug-likeness (QED) is 0.621. The maximum absolute atomic E-state index is 14.4. The summed E-state index contributed by atoms with van der Waals surface area (Å²) < 4.78 is 34.3. The average molecular weight is 371 g/mol. The van der Waals surface area contributed by atoms with Gasteiger partial charge in [-0.2, -0.15) is 9.87 Å². The molecule has 1 aromatic heterocycles. The number of aryl methyl sites for hydroxylation is 1. The molecule has 1 heterocycles. The molecule has 7 nitrogen and oxygen atoms in total. The Kier molecular flexibility index (Phi) is 5.99. The van der Waals surface area contributed by atoms with Crippen LogP contribution < -0.4 is 21.1 Å². The Morgan fingerprint density at radius 1 is 1.32 bits per heavy atom. The molecule has 2 N–H and O–H groups in total. The van der Waals surface area contributed by atoms with Gasteiger partial charge in [0.25, 0.3) is 5.56 Å². The Hall–Kier alpha value is -2.59. The minimum Gasteiger partial charge on any atom is -0.405 e. The van der Waals surface area contributed by atoms with Crippen LogP contribution in [-0.2, 0) is 11.9 Å². The number of carbonyl (C=O) groups excluding carboxylic acids is 1. The Balaban J connectivity index is 2.46. The van der Waals surface area contributed by atoms with E-state index in [0.29, 0.717) is 4.90 Å². The minimum absolute atomic E-state index is 0.0815. The minimum atomic E-state index is -1.22. The average Bonchev–Trinajstić information content (AvgIpc) is 2.57. The van der Waals surface area contributed by atoms with E-state index in [1.807, 2.05) is 5.48 Å². The van der Waals surface area contributed by atoms with E-state index in [4.69, 9.17) is 4.74 Å². The van der Waals surface area contributed by atoms with Crippen molar-refractivity contribution in [3.8, 4) is 5.75 Å². The number of hydrogen-bond donors (Lipinski definition) is 2. The Labute approximate surface area is 145 Å². The molecule has 0 atom stereocenters. The van der Waals surface area contributed by atoms with E-state index in [0.717, 1.165) is 10.8 Å². The molecule has 0 saturated heterocycles. The molecule has 0 aliphatic carbocycles. The van der Waals surface area contributed by atoms with Crippen LogP contribution in [0.2, 0.25) is 0 Å². The number of rotatable bonds is 5. The predicted molar refractivity (Wildman–Crippen MR) is 89.3 cm³/mol. The second kappa shape index (κ2) is 7.99. The number of amides is 1. The van der Waals surface area contributed by atoms with Gasteiger partial charge in [-0.05, 0) is 24.5 Å². The van der Waals surface area contributed by atoms with Crippen molar-refractivity contribution in [2.24, 2.45) is 7.05 Å². The lowest BCUT2D eigenvalue weighted by Crippen LogP contribution is -2.28. The molecule has 25 heavy (non-hydrogen) atoms. The standard InChI is InChI=1S/C15H15F2N3O4S/c1-20-7-11(24-15(22)19-23-2)13(12(17)14(20)21)18-10-5-4-8(25-3)6-9(10)16/h4-7,18H,1-3H3,(H,19,22). The Morgan fingerprint density at radius 2 is 2.04 bits per heavy atom. The summed E-state index contributed by atoms with van der Waals surface area (Å²) in [7, 11) is 2.47. The topological polar surface area (TPSA) is 81.6 Å². The lowest BCUT2D eigenvalue weighted by atomic mass is 10.2. The summed E-state index contributed by atoms with van der Waals surface area (Å²) in [6, 6.07) is 4.26. The van der Waals surface area contributed by atoms with Crippen LogP contribution in [0.4, 0.5) is 25.0 Å². The first-order valence-electron chi connectivity index (χ1n) is 6.87. The van der Waals surface area contributed by atoms with Crippen LogP contribution in [0.15, 0.2) is 34.1 Å². The van der Waals surface area contributed by atoms with Gasteiger partial charge in [-0.25, -0.2) is 9.18 Å². The first-order valence-corrected chi connectivity index (χ1v) is 8.10. The van der Waals surface area contributed by atoms with Crippen molar-refractivity contribution < 1.29 is 23.1 Å². The van der Waals surface area contributed by atoms with Crippen molar-refractivity contribution in [2.75, 3.05) is 18.7 Å². The van der Waals surface area contributed by atoms with Crippen LogP contribution in [0.3, 0.4) is 0 Å². The molecular formula is C15H15F2N3O4S. The third-order valence-corrected chi connectivity index (χ3v) is 3.83. The highest BCUT2D eigenvalue weighted by Crippen LogP contribution is 2.31. The molecule has 2 aromatic rings. The zero-order valence-electron chi connectivity index (χ0n) is 13.6. The molecular weight excluding hydrogens is 356 g/mol. The number of nitrogens with one attached hydrogen (secondary N) is 2. The molecule has 134 valence electrons. The number of pyridine rings is 1. The third-order valence-electron chi connectivity index (χ3n) is 3.11. The van der Waals surface area contributed by atoms with Gasteiger partial charge in [0.1, 0.15) is 11.5 Å². The van der Waals surface area contributed by atoms with Crippen LogP contribution in [0.5, 0.6) is 5.75 Å². The van der Waals surface area contributed by atoms with Gasteiger partial charge in [0.15, 0.2) is 5.75 Å². The lowest BCUT2D eigenvalue weighted by molar-refractivity contribution is 0.0845. The van der Waals surface area contributed by atoms with Crippen molar-refractivity contribution in [2.45, 2.75) is 4.90 Å². The number of hydrogen-bond acceptors (Lipinski definition) is 6. The largest absolute Gasteiger partial charge is 0.436 e. The molecule has 0 spiro atoms. The van der Waals surface area contributed by atoms with Gasteiger partial charge in [0, 0.05) is 11.9 Å². The second-order valence-electron chi connectivity index (χ2n) is 4.76. The summed E-state index contributed by atoms with van der Waals surface area (Å²) in [5.41, 5.74) is 0.371. The van der Waals surface area contributed by atoms with Gasteiger partial charge < -0.3 is 14.6 Å². The van der Waals surface area contributed by atoms with Gasteiger partial charge in [-0.15, -0.1) is 11.8 Å². The Morgan fingerprint density at radius 3 is 2.64 bits per heavy atom. The number of thioether (sulfide) groups is 1. The van der Waals surface area contributed by atoms with Crippen LogP contribution in [0, 0.1) is 11.6 Å². The van der Waals surface area contributed by atoms with E-state index < -0.39 is 29.0 Å². The summed E-state index contributed by atoms with van der Waals surface area (Å²) in [6.45, 7) is 0. The highest BCUT2D eigenvalue weighted by atomic mass is 32.2. The molecule has 2 rings (SSSR count). The van der Waals surface area contributed by atoms with Crippen LogP contribution in [0.1, 0.15) is 0 Å². The molecule has 1 aromatic carbocycles. The summed E-state index contributed by atoms with van der Waals surface area (Å²) in [5.74, 6) is -2.19. The summed E-state index contributed by atoms with van der Waals surface area (Å²) in [4.78, 5) is 28.4. The van der Waals surface area contributed by atoms with Crippen molar-refractivity contribution >= 4 is 29.2 Å². The molecule has 0 aliphatic heterocycles. The number of aromatic nitrogens is 1. The normalized spacial score (nSPS) is 10.4. The summed E-state index contributed by atoms with van der Waals surface area (Å²) in [6.07, 6.45) is 1.83. The van der Waals surface area contributed by atoms with Gasteiger partial charge in [-0.3, -0.25) is 9.63 Å². The fourth-order valence-electron chi connectivity index (χ4n) is 1.93. The van der Waals surface area contributed by atoms with E-state index in [1.165, 1.54) is 38.1 Å². The van der Waals surface area contributed by atoms with E-state index in [9.17, 15) is 18.4 Å². The molecule has 0 aliphatic rings. The van der Waals surface area contributed by atoms with Crippen molar-refractivity contribution in [3.63, 3.8) is 0 Å². The SMILES string of the molecule is CONC(=O)Oc1cn(C)c(=O)c(F)c1Nc1ccc(SC)cc1F. The number of nitrogens with zero attached hydrogens (tertiary/aromatic N) is 1. The molecule has 10 heteroatoms. The third kappa shape index (κ3) is 4.28. The van der Waals surface area contributed by atoms with Gasteiger partial charge in [-0.1, -0.05) is 0 Å². The van der Waals surface area contributed by atoms with Gasteiger partial charge >= 0.3 is 6.09 Å². The van der Waals surface area contributed by atoms with E-state index in [-0.39, 0.29) is 11.4 Å². The fraction of sp³-hybridized carbons (Fsp3) is 0.200. The molecule has 1 amide bonds. The lowest BCUT2D eigenvalue weighted by Gasteiger charge is -2.15. The van der Waals surface area contributed by atoms with E-state index in [2.05, 4.69) is 10.2 Å². The zero-order chi connectivity index (χ0) is 18.6. The second-order valence-corrected chi connectivity index (χ2v) is 5.64. The van der Waals surface area contributed by atoms with Crippen molar-refractivity contribution in [3.05, 3.63) is 46.4 Å². The zero-order valence-corrected chi connectivity index (χ0v) is 14.4. The predicted octanol–water partition coefficient (Wildman–Crippen LogP) is 2.78. The molecule has 0 saturated carbocycles. The van der Waals surface area contributed by atoms with E-state index >= 15 is 0 Å². The van der Waals surface area contributed by atoms with E-state index in [1.54, 1.807) is 12.3 Å². The number of carbonyl (C=O) groups is 1. The highest BCUT2D eigenvalue weighted by molar-refractivity contribution is 7.98.